The number of nitrogens with two attached hydrogens (primary N) is 1. The summed E-state index contributed by atoms with van der Waals surface area (Å²) in [6.07, 6.45) is 8.01. The van der Waals surface area contributed by atoms with Crippen LogP contribution in [0.15, 0.2) is 18.2 Å². The van der Waals surface area contributed by atoms with Gasteiger partial charge in [-0.1, -0.05) is 49.8 Å². The summed E-state index contributed by atoms with van der Waals surface area (Å²) < 4.78 is 0. The molecule has 1 aromatic carbocycles. The van der Waals surface area contributed by atoms with Crippen LogP contribution < -0.4 is 11.1 Å². The van der Waals surface area contributed by atoms with Gasteiger partial charge in [0.05, 0.1) is 16.4 Å². The molecule has 0 unspecified atom stereocenters. The van der Waals surface area contributed by atoms with Crippen molar-refractivity contribution in [3.05, 3.63) is 23.2 Å². The standard InChI is InChI=1S/C15H21ClN2O/c16-12-7-4-8-13(17)15(12)18-14(19)10-9-11-5-2-1-3-6-11/h4,7-8,11H,1-3,5-6,9-10,17H2,(H,18,19). The summed E-state index contributed by atoms with van der Waals surface area (Å²) in [6.45, 7) is 0. The molecule has 104 valence electrons. The molecule has 0 bridgehead atoms. The normalized spacial score (nSPS) is 16.3. The predicted molar refractivity (Wildman–Crippen MR) is 80.3 cm³/mol. The lowest BCUT2D eigenvalue weighted by atomic mass is 9.86. The second-order valence-corrected chi connectivity index (χ2v) is 5.70. The first kappa shape index (κ1) is 14.2. The van der Waals surface area contributed by atoms with Crippen LogP contribution in [0.25, 0.3) is 0 Å². The Labute approximate surface area is 119 Å². The minimum atomic E-state index is 0.00498. The number of benzene rings is 1. The number of amides is 1. The SMILES string of the molecule is Nc1cccc(Cl)c1NC(=O)CCC1CCCCC1. The summed E-state index contributed by atoms with van der Waals surface area (Å²) in [5.74, 6) is 0.716. The smallest absolute Gasteiger partial charge is 0.224 e. The first-order chi connectivity index (χ1) is 9.16. The van der Waals surface area contributed by atoms with E-state index in [4.69, 9.17) is 17.3 Å². The topological polar surface area (TPSA) is 55.1 Å². The van der Waals surface area contributed by atoms with Crippen LogP contribution in [0.4, 0.5) is 11.4 Å². The van der Waals surface area contributed by atoms with Gasteiger partial charge in [-0.05, 0) is 24.5 Å². The molecule has 0 aliphatic heterocycles. The van der Waals surface area contributed by atoms with Gasteiger partial charge in [-0.15, -0.1) is 0 Å². The highest BCUT2D eigenvalue weighted by molar-refractivity contribution is 6.34. The molecule has 1 aliphatic carbocycles. The van der Waals surface area contributed by atoms with Crippen molar-refractivity contribution in [1.29, 1.82) is 0 Å². The van der Waals surface area contributed by atoms with Crippen LogP contribution in [0, 0.1) is 5.92 Å². The number of hydrogen-bond donors (Lipinski definition) is 2. The Morgan fingerprint density at radius 2 is 2.05 bits per heavy atom. The summed E-state index contributed by atoms with van der Waals surface area (Å²) in [7, 11) is 0. The number of hydrogen-bond acceptors (Lipinski definition) is 2. The quantitative estimate of drug-likeness (QED) is 0.811. The third kappa shape index (κ3) is 4.13. The number of para-hydroxylation sites is 1. The minimum Gasteiger partial charge on any atom is -0.397 e. The minimum absolute atomic E-state index is 0.00498. The average Bonchev–Trinajstić information content (AvgIpc) is 2.42. The lowest BCUT2D eigenvalue weighted by Crippen LogP contribution is -2.15. The Morgan fingerprint density at radius 1 is 1.32 bits per heavy atom. The van der Waals surface area contributed by atoms with Crippen LogP contribution in [0.2, 0.25) is 5.02 Å². The zero-order chi connectivity index (χ0) is 13.7. The third-order valence-electron chi connectivity index (χ3n) is 3.81. The maximum Gasteiger partial charge on any atom is 0.224 e. The number of carbonyl (C=O) groups excluding carboxylic acids is 1. The van der Waals surface area contributed by atoms with E-state index in [0.29, 0.717) is 28.7 Å². The molecule has 0 atom stereocenters. The van der Waals surface area contributed by atoms with E-state index in [2.05, 4.69) is 5.32 Å². The van der Waals surface area contributed by atoms with Crippen molar-refractivity contribution in [2.45, 2.75) is 44.9 Å². The number of nitrogens with one attached hydrogen (secondary N) is 1. The molecule has 4 heteroatoms. The Balaban J connectivity index is 1.83. The molecule has 1 aliphatic rings. The molecule has 1 amide bonds. The van der Waals surface area contributed by atoms with Crippen molar-refractivity contribution in [2.24, 2.45) is 5.92 Å². The molecule has 0 spiro atoms. The molecular formula is C15H21ClN2O. The van der Waals surface area contributed by atoms with Gasteiger partial charge < -0.3 is 11.1 Å². The monoisotopic (exact) mass is 280 g/mol. The van der Waals surface area contributed by atoms with Gasteiger partial charge in [0, 0.05) is 6.42 Å². The van der Waals surface area contributed by atoms with Crippen LogP contribution >= 0.6 is 11.6 Å². The Morgan fingerprint density at radius 3 is 2.74 bits per heavy atom. The fraction of sp³-hybridized carbons (Fsp3) is 0.533. The molecule has 3 nitrogen and oxygen atoms in total. The van der Waals surface area contributed by atoms with Gasteiger partial charge in [0.1, 0.15) is 0 Å². The molecule has 0 radical (unpaired) electrons. The van der Waals surface area contributed by atoms with Crippen LogP contribution in [0.5, 0.6) is 0 Å². The van der Waals surface area contributed by atoms with Crippen molar-refractivity contribution in [3.63, 3.8) is 0 Å². The highest BCUT2D eigenvalue weighted by Crippen LogP contribution is 2.29. The van der Waals surface area contributed by atoms with Gasteiger partial charge in [-0.3, -0.25) is 4.79 Å². The molecule has 3 N–H and O–H groups in total. The summed E-state index contributed by atoms with van der Waals surface area (Å²) in [5, 5.41) is 3.31. The second-order valence-electron chi connectivity index (χ2n) is 5.29. The van der Waals surface area contributed by atoms with Crippen molar-refractivity contribution in [2.75, 3.05) is 11.1 Å². The van der Waals surface area contributed by atoms with Crippen LogP contribution in [0.1, 0.15) is 44.9 Å². The molecule has 0 heterocycles. The third-order valence-corrected chi connectivity index (χ3v) is 4.13. The fourth-order valence-corrected chi connectivity index (χ4v) is 2.91. The lowest BCUT2D eigenvalue weighted by molar-refractivity contribution is -0.116. The van der Waals surface area contributed by atoms with Crippen molar-refractivity contribution < 1.29 is 4.79 Å². The summed E-state index contributed by atoms with van der Waals surface area (Å²) in [6, 6.07) is 5.24. The summed E-state index contributed by atoms with van der Waals surface area (Å²) in [4.78, 5) is 11.9. The molecule has 0 saturated heterocycles. The van der Waals surface area contributed by atoms with Gasteiger partial charge in [0.2, 0.25) is 5.91 Å². The zero-order valence-corrected chi connectivity index (χ0v) is 11.9. The van der Waals surface area contributed by atoms with Crippen molar-refractivity contribution in [3.8, 4) is 0 Å². The van der Waals surface area contributed by atoms with Crippen molar-refractivity contribution >= 4 is 28.9 Å². The molecule has 1 fully saturated rings. The number of anilines is 2. The van der Waals surface area contributed by atoms with E-state index in [0.717, 1.165) is 6.42 Å². The molecule has 1 saturated carbocycles. The predicted octanol–water partition coefficient (Wildman–Crippen LogP) is 4.22. The Bertz CT molecular complexity index is 422. The van der Waals surface area contributed by atoms with Crippen LogP contribution in [0.3, 0.4) is 0 Å². The van der Waals surface area contributed by atoms with Gasteiger partial charge in [0.15, 0.2) is 0 Å². The highest BCUT2D eigenvalue weighted by Gasteiger charge is 2.15. The fourth-order valence-electron chi connectivity index (χ4n) is 2.69. The molecule has 19 heavy (non-hydrogen) atoms. The number of nitrogen functional groups attached to an aromatic ring is 1. The van der Waals surface area contributed by atoms with E-state index in [1.54, 1.807) is 18.2 Å². The van der Waals surface area contributed by atoms with E-state index >= 15 is 0 Å². The van der Waals surface area contributed by atoms with E-state index in [1.807, 2.05) is 0 Å². The lowest BCUT2D eigenvalue weighted by Gasteiger charge is -2.21. The highest BCUT2D eigenvalue weighted by atomic mass is 35.5. The summed E-state index contributed by atoms with van der Waals surface area (Å²) in [5.41, 5.74) is 6.86. The maximum atomic E-state index is 11.9. The van der Waals surface area contributed by atoms with E-state index in [-0.39, 0.29) is 5.91 Å². The first-order valence-electron chi connectivity index (χ1n) is 7.00. The van der Waals surface area contributed by atoms with Crippen LogP contribution in [-0.4, -0.2) is 5.91 Å². The van der Waals surface area contributed by atoms with E-state index in [1.165, 1.54) is 32.1 Å². The Kier molecular flexibility index (Phi) is 5.08. The number of halogens is 1. The average molecular weight is 281 g/mol. The first-order valence-corrected chi connectivity index (χ1v) is 7.38. The number of carbonyl (C=O) groups is 1. The molecule has 2 rings (SSSR count). The zero-order valence-electron chi connectivity index (χ0n) is 11.1. The van der Waals surface area contributed by atoms with Gasteiger partial charge >= 0.3 is 0 Å². The van der Waals surface area contributed by atoms with E-state index < -0.39 is 0 Å². The van der Waals surface area contributed by atoms with Gasteiger partial charge in [0.25, 0.3) is 0 Å². The van der Waals surface area contributed by atoms with Gasteiger partial charge in [-0.2, -0.15) is 0 Å². The molecule has 0 aromatic heterocycles. The molecule has 1 aromatic rings. The van der Waals surface area contributed by atoms with Gasteiger partial charge in [-0.25, -0.2) is 0 Å². The maximum absolute atomic E-state index is 11.9. The van der Waals surface area contributed by atoms with Crippen molar-refractivity contribution in [1.82, 2.24) is 0 Å². The second kappa shape index (κ2) is 6.80. The Hall–Kier alpha value is -1.22. The van der Waals surface area contributed by atoms with E-state index in [9.17, 15) is 4.79 Å². The van der Waals surface area contributed by atoms with Crippen LogP contribution in [-0.2, 0) is 4.79 Å². The summed E-state index contributed by atoms with van der Waals surface area (Å²) >= 11 is 6.03. The molecular weight excluding hydrogens is 260 g/mol. The number of rotatable bonds is 4. The largest absolute Gasteiger partial charge is 0.397 e.